The number of benzene rings is 1. The maximum Gasteiger partial charge on any atom is 0.126 e. The summed E-state index contributed by atoms with van der Waals surface area (Å²) in [4.78, 5) is 13.5. The quantitative estimate of drug-likeness (QED) is 0.574. The highest BCUT2D eigenvalue weighted by atomic mass is 15.3. The van der Waals surface area contributed by atoms with Crippen molar-refractivity contribution >= 4 is 16.7 Å². The predicted molar refractivity (Wildman–Crippen MR) is 128 cm³/mol. The predicted octanol–water partition coefficient (Wildman–Crippen LogP) is 4.94. The van der Waals surface area contributed by atoms with Crippen molar-refractivity contribution in [3.8, 4) is 0 Å². The SMILES string of the molecule is C=C(CC)N1CCc2c([nH]c3ccccc23)[C@H]1c1ccc(NC2CN(CCC)C2)nc1. The van der Waals surface area contributed by atoms with Crippen LogP contribution < -0.4 is 5.32 Å². The third kappa shape index (κ3) is 3.72. The number of likely N-dealkylation sites (tertiary alicyclic amines) is 1. The van der Waals surface area contributed by atoms with Crippen LogP contribution >= 0.6 is 0 Å². The Morgan fingerprint density at radius 1 is 1.19 bits per heavy atom. The molecular weight excluding hydrogens is 382 g/mol. The van der Waals surface area contributed by atoms with Crippen LogP contribution in [0.5, 0.6) is 0 Å². The summed E-state index contributed by atoms with van der Waals surface area (Å²) in [6.45, 7) is 13.2. The van der Waals surface area contributed by atoms with Gasteiger partial charge in [-0.25, -0.2) is 4.98 Å². The minimum atomic E-state index is 0.133. The van der Waals surface area contributed by atoms with Crippen molar-refractivity contribution in [2.24, 2.45) is 0 Å². The molecule has 0 amide bonds. The van der Waals surface area contributed by atoms with Crippen LogP contribution in [-0.4, -0.2) is 52.0 Å². The average Bonchev–Trinajstić information content (AvgIpc) is 3.16. The Morgan fingerprint density at radius 3 is 2.77 bits per heavy atom. The summed E-state index contributed by atoms with van der Waals surface area (Å²) >= 11 is 0. The number of rotatable bonds is 7. The maximum atomic E-state index is 4.79. The molecule has 2 aromatic heterocycles. The lowest BCUT2D eigenvalue weighted by molar-refractivity contribution is 0.162. The number of nitrogens with zero attached hydrogens (tertiary/aromatic N) is 3. The standard InChI is InChI=1S/C26H33N5/c1-4-13-30-16-20(17-30)28-24-11-10-19(15-27-24)26-25-22(12-14-31(26)18(3)5-2)21-8-6-7-9-23(21)29-25/h6-11,15,20,26,29H,3-5,12-14,16-17H2,1-2H3,(H,27,28)/t26-/m1/s1. The van der Waals surface area contributed by atoms with Gasteiger partial charge < -0.3 is 15.2 Å². The molecule has 1 fully saturated rings. The number of pyridine rings is 1. The van der Waals surface area contributed by atoms with Crippen molar-refractivity contribution in [3.63, 3.8) is 0 Å². The van der Waals surface area contributed by atoms with Gasteiger partial charge in [-0.15, -0.1) is 0 Å². The lowest BCUT2D eigenvalue weighted by Crippen LogP contribution is -2.54. The normalized spacial score (nSPS) is 19.3. The fourth-order valence-corrected chi connectivity index (χ4v) is 5.15. The fraction of sp³-hybridized carbons (Fsp3) is 0.423. The van der Waals surface area contributed by atoms with Crippen molar-refractivity contribution in [2.75, 3.05) is 31.5 Å². The van der Waals surface area contributed by atoms with Crippen LogP contribution in [0.2, 0.25) is 0 Å². The summed E-state index contributed by atoms with van der Waals surface area (Å²) in [6.07, 6.45) is 5.26. The summed E-state index contributed by atoms with van der Waals surface area (Å²) in [5.74, 6) is 0.971. The molecule has 2 N–H and O–H groups in total. The van der Waals surface area contributed by atoms with Gasteiger partial charge in [-0.2, -0.15) is 0 Å². The lowest BCUT2D eigenvalue weighted by atomic mass is 9.92. The number of nitrogens with one attached hydrogen (secondary N) is 2. The first kappa shape index (κ1) is 20.1. The van der Waals surface area contributed by atoms with Gasteiger partial charge in [0.2, 0.25) is 0 Å². The van der Waals surface area contributed by atoms with Gasteiger partial charge in [-0.3, -0.25) is 4.90 Å². The highest BCUT2D eigenvalue weighted by Gasteiger charge is 2.32. The average molecular weight is 416 g/mol. The monoisotopic (exact) mass is 415 g/mol. The zero-order valence-corrected chi connectivity index (χ0v) is 18.7. The highest BCUT2D eigenvalue weighted by Crippen LogP contribution is 2.40. The molecule has 5 heteroatoms. The highest BCUT2D eigenvalue weighted by molar-refractivity contribution is 5.85. The topological polar surface area (TPSA) is 47.2 Å². The second-order valence-corrected chi connectivity index (χ2v) is 8.91. The number of hydrogen-bond acceptors (Lipinski definition) is 4. The molecule has 2 aliphatic heterocycles. The fourth-order valence-electron chi connectivity index (χ4n) is 5.15. The minimum Gasteiger partial charge on any atom is -0.365 e. The molecule has 5 rings (SSSR count). The van der Waals surface area contributed by atoms with Gasteiger partial charge in [0.25, 0.3) is 0 Å². The van der Waals surface area contributed by atoms with Crippen molar-refractivity contribution in [1.29, 1.82) is 0 Å². The molecule has 0 aliphatic carbocycles. The van der Waals surface area contributed by atoms with Crippen LogP contribution in [0.25, 0.3) is 10.9 Å². The Kier molecular flexibility index (Phi) is 5.45. The molecule has 0 unspecified atom stereocenters. The van der Waals surface area contributed by atoms with Crippen LogP contribution in [-0.2, 0) is 6.42 Å². The molecule has 0 saturated carbocycles. The third-order valence-electron chi connectivity index (χ3n) is 6.80. The number of fused-ring (bicyclic) bond motifs is 3. The van der Waals surface area contributed by atoms with Gasteiger partial charge >= 0.3 is 0 Å². The van der Waals surface area contributed by atoms with E-state index in [-0.39, 0.29) is 6.04 Å². The summed E-state index contributed by atoms with van der Waals surface area (Å²) in [5.41, 5.74) is 6.34. The molecule has 5 nitrogen and oxygen atoms in total. The van der Waals surface area contributed by atoms with E-state index >= 15 is 0 Å². The molecule has 2 aliphatic rings. The van der Waals surface area contributed by atoms with Gasteiger partial charge in [0.1, 0.15) is 5.82 Å². The molecule has 0 radical (unpaired) electrons. The van der Waals surface area contributed by atoms with Crippen LogP contribution in [0.3, 0.4) is 0 Å². The van der Waals surface area contributed by atoms with Crippen molar-refractivity contribution in [1.82, 2.24) is 19.8 Å². The largest absolute Gasteiger partial charge is 0.365 e. The van der Waals surface area contributed by atoms with E-state index in [0.717, 1.165) is 38.3 Å². The van der Waals surface area contributed by atoms with Gasteiger partial charge in [-0.1, -0.05) is 44.7 Å². The van der Waals surface area contributed by atoms with Gasteiger partial charge in [0, 0.05) is 48.1 Å². The minimum absolute atomic E-state index is 0.133. The second kappa shape index (κ2) is 8.39. The van der Waals surface area contributed by atoms with E-state index in [1.807, 2.05) is 6.20 Å². The Balaban J connectivity index is 1.42. The first-order valence-corrected chi connectivity index (χ1v) is 11.7. The molecule has 1 aromatic carbocycles. The Labute approximate surface area is 185 Å². The first-order chi connectivity index (χ1) is 15.2. The van der Waals surface area contributed by atoms with Gasteiger partial charge in [0.15, 0.2) is 0 Å². The Hall–Kier alpha value is -2.79. The van der Waals surface area contributed by atoms with E-state index in [0.29, 0.717) is 6.04 Å². The second-order valence-electron chi connectivity index (χ2n) is 8.91. The van der Waals surface area contributed by atoms with Crippen LogP contribution in [0.15, 0.2) is 54.9 Å². The van der Waals surface area contributed by atoms with Crippen LogP contribution in [0, 0.1) is 0 Å². The summed E-state index contributed by atoms with van der Waals surface area (Å²) in [5, 5.41) is 4.94. The van der Waals surface area contributed by atoms with E-state index in [4.69, 9.17) is 4.98 Å². The number of aromatic amines is 1. The maximum absolute atomic E-state index is 4.79. The number of aromatic nitrogens is 2. The molecular formula is C26H33N5. The number of allylic oxidation sites excluding steroid dienone is 1. The van der Waals surface area contributed by atoms with E-state index in [9.17, 15) is 0 Å². The molecule has 1 atom stereocenters. The number of para-hydroxylation sites is 1. The smallest absolute Gasteiger partial charge is 0.126 e. The van der Waals surface area contributed by atoms with Crippen LogP contribution in [0.1, 0.15) is 49.6 Å². The summed E-state index contributed by atoms with van der Waals surface area (Å²) in [6, 6.07) is 13.7. The molecule has 0 bridgehead atoms. The Bertz CT molecular complexity index is 1060. The van der Waals surface area contributed by atoms with Crippen molar-refractivity contribution in [2.45, 2.75) is 45.2 Å². The zero-order chi connectivity index (χ0) is 21.4. The lowest BCUT2D eigenvalue weighted by Gasteiger charge is -2.40. The third-order valence-corrected chi connectivity index (χ3v) is 6.80. The molecule has 3 aromatic rings. The molecule has 162 valence electrons. The van der Waals surface area contributed by atoms with E-state index in [1.54, 1.807) is 0 Å². The van der Waals surface area contributed by atoms with E-state index in [1.165, 1.54) is 46.4 Å². The first-order valence-electron chi connectivity index (χ1n) is 11.7. The van der Waals surface area contributed by atoms with Gasteiger partial charge in [-0.05, 0) is 49.1 Å². The molecule has 31 heavy (non-hydrogen) atoms. The van der Waals surface area contributed by atoms with E-state index in [2.05, 4.69) is 76.9 Å². The molecule has 1 saturated heterocycles. The van der Waals surface area contributed by atoms with Crippen molar-refractivity contribution in [3.05, 3.63) is 71.7 Å². The number of anilines is 1. The number of H-pyrrole nitrogens is 1. The molecule has 4 heterocycles. The number of hydrogen-bond donors (Lipinski definition) is 2. The summed E-state index contributed by atoms with van der Waals surface area (Å²) < 4.78 is 0. The zero-order valence-electron chi connectivity index (χ0n) is 18.7. The Morgan fingerprint density at radius 2 is 2.03 bits per heavy atom. The van der Waals surface area contributed by atoms with E-state index < -0.39 is 0 Å². The van der Waals surface area contributed by atoms with Crippen LogP contribution in [0.4, 0.5) is 5.82 Å². The molecule has 0 spiro atoms. The van der Waals surface area contributed by atoms with Gasteiger partial charge in [0.05, 0.1) is 12.1 Å². The summed E-state index contributed by atoms with van der Waals surface area (Å²) in [7, 11) is 0. The van der Waals surface area contributed by atoms with Crippen molar-refractivity contribution < 1.29 is 0 Å².